The van der Waals surface area contributed by atoms with Gasteiger partial charge in [-0.25, -0.2) is 0 Å². The van der Waals surface area contributed by atoms with E-state index in [9.17, 15) is 5.11 Å². The maximum atomic E-state index is 9.47. The monoisotopic (exact) mass is 198 g/mol. The number of methoxy groups -OCH3 is 1. The van der Waals surface area contributed by atoms with E-state index in [-0.39, 0.29) is 0 Å². The summed E-state index contributed by atoms with van der Waals surface area (Å²) >= 11 is 0. The van der Waals surface area contributed by atoms with E-state index in [1.54, 1.807) is 7.11 Å². The molecule has 1 aromatic heterocycles. The third-order valence-corrected chi connectivity index (χ3v) is 2.00. The van der Waals surface area contributed by atoms with Crippen LogP contribution in [-0.4, -0.2) is 48.4 Å². The maximum absolute atomic E-state index is 9.47. The van der Waals surface area contributed by atoms with Crippen molar-refractivity contribution in [3.8, 4) is 0 Å². The molecule has 0 fully saturated rings. The first-order valence-corrected chi connectivity index (χ1v) is 4.69. The van der Waals surface area contributed by atoms with Gasteiger partial charge in [-0.3, -0.25) is 4.90 Å². The first-order chi connectivity index (χ1) is 6.72. The second-order valence-electron chi connectivity index (χ2n) is 3.53. The summed E-state index contributed by atoms with van der Waals surface area (Å²) in [6.45, 7) is 1.85. The molecule has 0 radical (unpaired) electrons. The van der Waals surface area contributed by atoms with Crippen LogP contribution in [0.5, 0.6) is 0 Å². The summed E-state index contributed by atoms with van der Waals surface area (Å²) in [6.07, 6.45) is 3.44. The molecule has 0 aromatic carbocycles. The molecule has 14 heavy (non-hydrogen) atoms. The number of hydrogen-bond acceptors (Lipinski definition) is 3. The Bertz CT molecular complexity index is 236. The maximum Gasteiger partial charge on any atom is 0.0900 e. The van der Waals surface area contributed by atoms with E-state index in [4.69, 9.17) is 4.74 Å². The van der Waals surface area contributed by atoms with Crippen LogP contribution in [0.4, 0.5) is 0 Å². The topological polar surface area (TPSA) is 48.5 Å². The predicted molar refractivity (Wildman–Crippen MR) is 55.0 cm³/mol. The molecule has 0 amide bonds. The normalized spacial score (nSPS) is 13.4. The van der Waals surface area contributed by atoms with Crippen molar-refractivity contribution in [2.75, 3.05) is 27.3 Å². The fourth-order valence-electron chi connectivity index (χ4n) is 1.44. The molecule has 1 atom stereocenters. The third kappa shape index (κ3) is 3.91. The van der Waals surface area contributed by atoms with Crippen molar-refractivity contribution in [2.24, 2.45) is 0 Å². The highest BCUT2D eigenvalue weighted by Gasteiger charge is 2.07. The molecular weight excluding hydrogens is 180 g/mol. The zero-order valence-electron chi connectivity index (χ0n) is 8.73. The van der Waals surface area contributed by atoms with E-state index in [0.29, 0.717) is 13.2 Å². The van der Waals surface area contributed by atoms with Gasteiger partial charge in [-0.2, -0.15) is 0 Å². The molecule has 0 saturated heterocycles. The van der Waals surface area contributed by atoms with E-state index in [1.165, 1.54) is 5.56 Å². The highest BCUT2D eigenvalue weighted by Crippen LogP contribution is 2.01. The van der Waals surface area contributed by atoms with E-state index >= 15 is 0 Å². The quantitative estimate of drug-likeness (QED) is 0.698. The summed E-state index contributed by atoms with van der Waals surface area (Å²) in [5.74, 6) is 0. The molecule has 2 N–H and O–H groups in total. The molecule has 0 spiro atoms. The highest BCUT2D eigenvalue weighted by molar-refractivity contribution is 5.07. The molecular formula is C10H18N2O2. The number of nitrogens with one attached hydrogen (secondary N) is 1. The van der Waals surface area contributed by atoms with Gasteiger partial charge in [0, 0.05) is 32.6 Å². The molecule has 0 aliphatic rings. The average Bonchev–Trinajstić information content (AvgIpc) is 2.56. The standard InChI is InChI=1S/C10H18N2O2/c1-12(7-10(13)8-14-2)6-9-3-4-11-5-9/h3-5,10-11,13H,6-8H2,1-2H3. The van der Waals surface area contributed by atoms with Crippen LogP contribution in [0.3, 0.4) is 0 Å². The summed E-state index contributed by atoms with van der Waals surface area (Å²) in [6, 6.07) is 2.03. The van der Waals surface area contributed by atoms with Gasteiger partial charge in [0.05, 0.1) is 12.7 Å². The van der Waals surface area contributed by atoms with Gasteiger partial charge in [-0.1, -0.05) is 0 Å². The van der Waals surface area contributed by atoms with E-state index < -0.39 is 6.10 Å². The van der Waals surface area contributed by atoms with E-state index in [2.05, 4.69) is 9.88 Å². The molecule has 1 rings (SSSR count). The summed E-state index contributed by atoms with van der Waals surface area (Å²) < 4.78 is 4.86. The average molecular weight is 198 g/mol. The lowest BCUT2D eigenvalue weighted by molar-refractivity contribution is 0.0419. The van der Waals surface area contributed by atoms with E-state index in [1.807, 2.05) is 25.5 Å². The predicted octanol–water partition coefficient (Wildman–Crippen LogP) is 0.454. The Morgan fingerprint density at radius 2 is 2.43 bits per heavy atom. The fraction of sp³-hybridized carbons (Fsp3) is 0.600. The first kappa shape index (κ1) is 11.2. The molecule has 80 valence electrons. The number of ether oxygens (including phenoxy) is 1. The Kier molecular flexibility index (Phi) is 4.65. The number of aromatic amines is 1. The van der Waals surface area contributed by atoms with Gasteiger partial charge in [-0.05, 0) is 18.7 Å². The zero-order valence-corrected chi connectivity index (χ0v) is 8.73. The number of aromatic nitrogens is 1. The molecule has 1 unspecified atom stereocenters. The smallest absolute Gasteiger partial charge is 0.0900 e. The van der Waals surface area contributed by atoms with Crippen LogP contribution in [0, 0.1) is 0 Å². The number of hydrogen-bond donors (Lipinski definition) is 2. The summed E-state index contributed by atoms with van der Waals surface area (Å²) in [7, 11) is 3.57. The summed E-state index contributed by atoms with van der Waals surface area (Å²) in [4.78, 5) is 5.06. The Morgan fingerprint density at radius 3 is 3.00 bits per heavy atom. The van der Waals surface area contributed by atoms with Crippen molar-refractivity contribution in [1.29, 1.82) is 0 Å². The van der Waals surface area contributed by atoms with Gasteiger partial charge < -0.3 is 14.8 Å². The van der Waals surface area contributed by atoms with Crippen LogP contribution < -0.4 is 0 Å². The number of aliphatic hydroxyl groups excluding tert-OH is 1. The van der Waals surface area contributed by atoms with Gasteiger partial charge in [0.1, 0.15) is 0 Å². The first-order valence-electron chi connectivity index (χ1n) is 4.69. The second-order valence-corrected chi connectivity index (χ2v) is 3.53. The molecule has 0 aliphatic carbocycles. The molecule has 0 saturated carbocycles. The van der Waals surface area contributed by atoms with Crippen LogP contribution in [0.15, 0.2) is 18.5 Å². The van der Waals surface area contributed by atoms with Crippen LogP contribution in [-0.2, 0) is 11.3 Å². The minimum absolute atomic E-state index is 0.386. The Balaban J connectivity index is 2.25. The number of rotatable bonds is 6. The number of nitrogens with zero attached hydrogens (tertiary/aromatic N) is 1. The molecule has 0 aliphatic heterocycles. The molecule has 4 heteroatoms. The van der Waals surface area contributed by atoms with Crippen molar-refractivity contribution in [3.05, 3.63) is 24.0 Å². The number of H-pyrrole nitrogens is 1. The van der Waals surface area contributed by atoms with Crippen LogP contribution in [0.25, 0.3) is 0 Å². The van der Waals surface area contributed by atoms with Crippen LogP contribution >= 0.6 is 0 Å². The minimum atomic E-state index is -0.413. The zero-order chi connectivity index (χ0) is 10.4. The lowest BCUT2D eigenvalue weighted by Crippen LogP contribution is -2.31. The largest absolute Gasteiger partial charge is 0.389 e. The number of aliphatic hydroxyl groups is 1. The van der Waals surface area contributed by atoms with Gasteiger partial charge in [0.15, 0.2) is 0 Å². The van der Waals surface area contributed by atoms with Gasteiger partial charge in [0.25, 0.3) is 0 Å². The molecule has 1 heterocycles. The summed E-state index contributed by atoms with van der Waals surface area (Å²) in [5.41, 5.74) is 1.22. The minimum Gasteiger partial charge on any atom is -0.389 e. The number of likely N-dealkylation sites (N-methyl/N-ethyl adjacent to an activating group) is 1. The van der Waals surface area contributed by atoms with Crippen molar-refractivity contribution in [1.82, 2.24) is 9.88 Å². The van der Waals surface area contributed by atoms with Gasteiger partial charge >= 0.3 is 0 Å². The van der Waals surface area contributed by atoms with Crippen molar-refractivity contribution < 1.29 is 9.84 Å². The van der Waals surface area contributed by atoms with E-state index in [0.717, 1.165) is 6.54 Å². The van der Waals surface area contributed by atoms with Crippen molar-refractivity contribution >= 4 is 0 Å². The lowest BCUT2D eigenvalue weighted by Gasteiger charge is -2.19. The SMILES string of the molecule is COCC(O)CN(C)Cc1cc[nH]c1. The van der Waals surface area contributed by atoms with Crippen LogP contribution in [0.1, 0.15) is 5.56 Å². The second kappa shape index (κ2) is 5.80. The third-order valence-electron chi connectivity index (χ3n) is 2.00. The van der Waals surface area contributed by atoms with Crippen molar-refractivity contribution in [2.45, 2.75) is 12.6 Å². The Labute approximate surface area is 84.5 Å². The Hall–Kier alpha value is -0.840. The Morgan fingerprint density at radius 1 is 1.64 bits per heavy atom. The fourth-order valence-corrected chi connectivity index (χ4v) is 1.44. The highest BCUT2D eigenvalue weighted by atomic mass is 16.5. The molecule has 0 bridgehead atoms. The van der Waals surface area contributed by atoms with Crippen molar-refractivity contribution in [3.63, 3.8) is 0 Å². The molecule has 4 nitrogen and oxygen atoms in total. The van der Waals surface area contributed by atoms with Gasteiger partial charge in [-0.15, -0.1) is 0 Å². The van der Waals surface area contributed by atoms with Crippen LogP contribution in [0.2, 0.25) is 0 Å². The van der Waals surface area contributed by atoms with Gasteiger partial charge in [0.2, 0.25) is 0 Å². The lowest BCUT2D eigenvalue weighted by atomic mass is 10.3. The molecule has 1 aromatic rings. The summed E-state index contributed by atoms with van der Waals surface area (Å²) in [5, 5.41) is 9.47.